The first-order valence-electron chi connectivity index (χ1n) is 13.5. The van der Waals surface area contributed by atoms with E-state index in [1.165, 1.54) is 5.56 Å². The van der Waals surface area contributed by atoms with E-state index in [0.29, 0.717) is 32.4 Å². The van der Waals surface area contributed by atoms with Crippen LogP contribution in [0, 0.1) is 6.92 Å². The fourth-order valence-electron chi connectivity index (χ4n) is 4.89. The van der Waals surface area contributed by atoms with Crippen LogP contribution in [0.3, 0.4) is 0 Å². The Morgan fingerprint density at radius 2 is 1.54 bits per heavy atom. The van der Waals surface area contributed by atoms with E-state index in [0.717, 1.165) is 42.6 Å². The molecule has 194 valence electrons. The Balaban J connectivity index is 1.52. The van der Waals surface area contributed by atoms with Crippen molar-refractivity contribution in [2.45, 2.75) is 70.5 Å². The van der Waals surface area contributed by atoms with Gasteiger partial charge in [-0.25, -0.2) is 0 Å². The van der Waals surface area contributed by atoms with Crippen molar-refractivity contribution in [2.24, 2.45) is 0 Å². The average Bonchev–Trinajstić information content (AvgIpc) is 3.44. The zero-order chi connectivity index (χ0) is 25.9. The van der Waals surface area contributed by atoms with Gasteiger partial charge in [-0.2, -0.15) is 0 Å². The van der Waals surface area contributed by atoms with Gasteiger partial charge in [-0.05, 0) is 49.4 Å². The average molecular weight is 499 g/mol. The molecule has 5 heteroatoms. The predicted octanol–water partition coefficient (Wildman–Crippen LogP) is 5.85. The molecule has 3 aromatic rings. The smallest absolute Gasteiger partial charge is 0.243 e. The number of hydrogen-bond donors (Lipinski definition) is 1. The maximum absolute atomic E-state index is 13.7. The third-order valence-corrected chi connectivity index (χ3v) is 6.99. The summed E-state index contributed by atoms with van der Waals surface area (Å²) in [5.74, 6) is 0.709. The lowest BCUT2D eigenvalue weighted by atomic mass is 10.0. The zero-order valence-corrected chi connectivity index (χ0v) is 21.8. The maximum Gasteiger partial charge on any atom is 0.243 e. The summed E-state index contributed by atoms with van der Waals surface area (Å²) in [7, 11) is 0. The van der Waals surface area contributed by atoms with Gasteiger partial charge in [0.1, 0.15) is 11.8 Å². The van der Waals surface area contributed by atoms with Gasteiger partial charge in [-0.3, -0.25) is 9.59 Å². The summed E-state index contributed by atoms with van der Waals surface area (Å²) < 4.78 is 5.81. The molecule has 0 bridgehead atoms. The highest BCUT2D eigenvalue weighted by Crippen LogP contribution is 2.21. The van der Waals surface area contributed by atoms with Gasteiger partial charge in [0.25, 0.3) is 0 Å². The highest BCUT2D eigenvalue weighted by Gasteiger charge is 2.31. The van der Waals surface area contributed by atoms with Crippen LogP contribution < -0.4 is 10.1 Å². The molecule has 4 rings (SSSR count). The summed E-state index contributed by atoms with van der Waals surface area (Å²) in [5, 5.41) is 3.26. The number of nitrogens with zero attached hydrogens (tertiary/aromatic N) is 1. The van der Waals surface area contributed by atoms with E-state index in [1.807, 2.05) is 79.7 Å². The first kappa shape index (κ1) is 26.5. The molecule has 3 aromatic carbocycles. The molecule has 1 unspecified atom stereocenters. The lowest BCUT2D eigenvalue weighted by molar-refractivity contribution is -0.141. The van der Waals surface area contributed by atoms with Gasteiger partial charge >= 0.3 is 0 Å². The van der Waals surface area contributed by atoms with E-state index >= 15 is 0 Å². The number of benzene rings is 3. The van der Waals surface area contributed by atoms with Crippen LogP contribution in [0.15, 0.2) is 84.9 Å². The maximum atomic E-state index is 13.7. The van der Waals surface area contributed by atoms with Crippen LogP contribution in [0.2, 0.25) is 0 Å². The monoisotopic (exact) mass is 498 g/mol. The first-order valence-corrected chi connectivity index (χ1v) is 13.5. The molecule has 1 aliphatic rings. The summed E-state index contributed by atoms with van der Waals surface area (Å²) in [4.78, 5) is 29.2. The predicted molar refractivity (Wildman–Crippen MR) is 147 cm³/mol. The van der Waals surface area contributed by atoms with E-state index in [4.69, 9.17) is 4.74 Å². The number of aryl methyl sites for hydroxylation is 1. The molecule has 1 N–H and O–H groups in total. The van der Waals surface area contributed by atoms with Gasteiger partial charge < -0.3 is 15.0 Å². The van der Waals surface area contributed by atoms with Crippen molar-refractivity contribution in [3.8, 4) is 5.75 Å². The molecule has 0 aromatic heterocycles. The van der Waals surface area contributed by atoms with Gasteiger partial charge in [-0.1, -0.05) is 91.2 Å². The normalized spacial score (nSPS) is 14.2. The SMILES string of the molecule is Cc1ccc(CN(C(=O)CCCOc2ccccc2)C(Cc2ccccc2)C(=O)NC2CCCC2)cc1. The topological polar surface area (TPSA) is 58.6 Å². The third-order valence-electron chi connectivity index (χ3n) is 6.99. The van der Waals surface area contributed by atoms with Crippen molar-refractivity contribution in [1.82, 2.24) is 10.2 Å². The molecule has 1 aliphatic carbocycles. The fraction of sp³-hybridized carbons (Fsp3) is 0.375. The zero-order valence-electron chi connectivity index (χ0n) is 21.8. The molecular formula is C32H38N2O3. The molecule has 0 spiro atoms. The van der Waals surface area contributed by atoms with Crippen LogP contribution in [-0.4, -0.2) is 35.4 Å². The summed E-state index contributed by atoms with van der Waals surface area (Å²) >= 11 is 0. The third kappa shape index (κ3) is 8.21. The molecule has 1 fully saturated rings. The molecule has 1 saturated carbocycles. The number of carbonyl (C=O) groups excluding carboxylic acids is 2. The quantitative estimate of drug-likeness (QED) is 0.319. The van der Waals surface area contributed by atoms with Crippen LogP contribution in [0.5, 0.6) is 5.75 Å². The van der Waals surface area contributed by atoms with Crippen LogP contribution in [0.1, 0.15) is 55.2 Å². The molecule has 37 heavy (non-hydrogen) atoms. The first-order chi connectivity index (χ1) is 18.1. The van der Waals surface area contributed by atoms with Gasteiger partial charge in [0.15, 0.2) is 0 Å². The molecular weight excluding hydrogens is 460 g/mol. The summed E-state index contributed by atoms with van der Waals surface area (Å²) in [6.45, 7) is 2.90. The van der Waals surface area contributed by atoms with Crippen molar-refractivity contribution in [3.05, 3.63) is 102 Å². The Labute approximate surface area is 220 Å². The number of amides is 2. The Hall–Kier alpha value is -3.60. The van der Waals surface area contributed by atoms with Crippen LogP contribution in [0.25, 0.3) is 0 Å². The van der Waals surface area contributed by atoms with Gasteiger partial charge in [0, 0.05) is 25.4 Å². The van der Waals surface area contributed by atoms with E-state index < -0.39 is 6.04 Å². The van der Waals surface area contributed by atoms with Crippen LogP contribution in [0.4, 0.5) is 0 Å². The van der Waals surface area contributed by atoms with Crippen LogP contribution in [-0.2, 0) is 22.6 Å². The number of carbonyl (C=O) groups is 2. The second-order valence-corrected chi connectivity index (χ2v) is 9.97. The summed E-state index contributed by atoms with van der Waals surface area (Å²) in [6, 6.07) is 27.4. The molecule has 0 radical (unpaired) electrons. The van der Waals surface area contributed by atoms with E-state index in [-0.39, 0.29) is 17.9 Å². The number of hydrogen-bond acceptors (Lipinski definition) is 3. The largest absolute Gasteiger partial charge is 0.494 e. The molecule has 5 nitrogen and oxygen atoms in total. The van der Waals surface area contributed by atoms with Gasteiger partial charge in [0.2, 0.25) is 11.8 Å². The second kappa shape index (κ2) is 13.6. The van der Waals surface area contributed by atoms with Crippen molar-refractivity contribution >= 4 is 11.8 Å². The van der Waals surface area contributed by atoms with Crippen molar-refractivity contribution in [2.75, 3.05) is 6.61 Å². The number of nitrogens with one attached hydrogen (secondary N) is 1. The number of rotatable bonds is 12. The number of ether oxygens (including phenoxy) is 1. The van der Waals surface area contributed by atoms with Crippen LogP contribution >= 0.6 is 0 Å². The lowest BCUT2D eigenvalue weighted by Gasteiger charge is -2.32. The molecule has 0 saturated heterocycles. The molecule has 0 aliphatic heterocycles. The second-order valence-electron chi connectivity index (χ2n) is 9.97. The Morgan fingerprint density at radius 1 is 0.892 bits per heavy atom. The minimum Gasteiger partial charge on any atom is -0.494 e. The van der Waals surface area contributed by atoms with Crippen molar-refractivity contribution in [1.29, 1.82) is 0 Å². The minimum atomic E-state index is -0.577. The lowest BCUT2D eigenvalue weighted by Crippen LogP contribution is -2.52. The molecule has 0 heterocycles. The molecule has 1 atom stereocenters. The Morgan fingerprint density at radius 3 is 2.22 bits per heavy atom. The number of para-hydroxylation sites is 1. The van der Waals surface area contributed by atoms with E-state index in [2.05, 4.69) is 17.4 Å². The van der Waals surface area contributed by atoms with Gasteiger partial charge in [0.05, 0.1) is 6.61 Å². The van der Waals surface area contributed by atoms with Gasteiger partial charge in [-0.15, -0.1) is 0 Å². The summed E-state index contributed by atoms with van der Waals surface area (Å²) in [6.07, 6.45) is 5.68. The Kier molecular flexibility index (Phi) is 9.75. The van der Waals surface area contributed by atoms with Crippen molar-refractivity contribution < 1.29 is 14.3 Å². The van der Waals surface area contributed by atoms with Crippen molar-refractivity contribution in [3.63, 3.8) is 0 Å². The van der Waals surface area contributed by atoms with E-state index in [9.17, 15) is 9.59 Å². The highest BCUT2D eigenvalue weighted by molar-refractivity contribution is 5.88. The minimum absolute atomic E-state index is 0.0280. The Bertz CT molecular complexity index is 1110. The summed E-state index contributed by atoms with van der Waals surface area (Å²) in [5.41, 5.74) is 3.23. The highest BCUT2D eigenvalue weighted by atomic mass is 16.5. The van der Waals surface area contributed by atoms with E-state index in [1.54, 1.807) is 4.90 Å². The fourth-order valence-corrected chi connectivity index (χ4v) is 4.89. The molecule has 2 amide bonds. The standard InChI is InChI=1S/C32H38N2O3/c1-25-18-20-27(21-19-25)24-34(31(35)17-10-22-37-29-15-6-3-7-16-29)30(23-26-11-4-2-5-12-26)32(36)33-28-13-8-9-14-28/h2-7,11-12,15-16,18-21,28,30H,8-10,13-14,17,22-24H2,1H3,(H,33,36).